The number of carboxylic acid groups (broad SMARTS) is 1. The van der Waals surface area contributed by atoms with Crippen LogP contribution in [0.4, 0.5) is 0 Å². The number of rotatable bonds is 5. The summed E-state index contributed by atoms with van der Waals surface area (Å²) >= 11 is 0. The highest BCUT2D eigenvalue weighted by Gasteiger charge is 2.25. The van der Waals surface area contributed by atoms with E-state index in [2.05, 4.69) is 0 Å². The Hall–Kier alpha value is -1.88. The molecular weight excluding hydrogens is 258 g/mol. The minimum absolute atomic E-state index is 0.184. The van der Waals surface area contributed by atoms with Crippen LogP contribution in [0.5, 0.6) is 0 Å². The highest BCUT2D eigenvalue weighted by Crippen LogP contribution is 2.29. The zero-order valence-electron chi connectivity index (χ0n) is 11.5. The lowest BCUT2D eigenvalue weighted by Crippen LogP contribution is -2.36. The van der Waals surface area contributed by atoms with Crippen molar-refractivity contribution in [3.8, 4) is 0 Å². The molecule has 0 saturated heterocycles. The topological polar surface area (TPSA) is 66.8 Å². The molecule has 0 radical (unpaired) electrons. The molecule has 5 nitrogen and oxygen atoms in total. The number of hydrogen-bond donors (Lipinski definition) is 1. The van der Waals surface area contributed by atoms with Crippen LogP contribution in [0.3, 0.4) is 0 Å². The number of benzene rings is 1. The molecule has 0 saturated carbocycles. The first-order chi connectivity index (χ1) is 9.61. The largest absolute Gasteiger partial charge is 0.480 e. The van der Waals surface area contributed by atoms with Gasteiger partial charge in [0.05, 0.1) is 19.1 Å². The number of ether oxygens (including phenoxy) is 1. The predicted octanol–water partition coefficient (Wildman–Crippen LogP) is 1.62. The van der Waals surface area contributed by atoms with E-state index in [9.17, 15) is 9.59 Å². The first-order valence-electron chi connectivity index (χ1n) is 6.80. The number of likely N-dealkylation sites (N-methyl/N-ethyl adjacent to an activating group) is 1. The molecule has 20 heavy (non-hydrogen) atoms. The summed E-state index contributed by atoms with van der Waals surface area (Å²) in [6.45, 7) is 2.50. The van der Waals surface area contributed by atoms with Gasteiger partial charge in [0.1, 0.15) is 6.54 Å². The second kappa shape index (κ2) is 6.52. The molecule has 1 heterocycles. The van der Waals surface area contributed by atoms with Gasteiger partial charge in [-0.05, 0) is 24.5 Å². The maximum Gasteiger partial charge on any atom is 0.323 e. The minimum Gasteiger partial charge on any atom is -0.480 e. The number of carbonyl (C=O) groups excluding carboxylic acids is 1. The molecule has 1 aliphatic rings. The molecule has 0 aromatic heterocycles. The Labute approximate surface area is 118 Å². The SMILES string of the molecule is CCN(CC(=O)O)C(=O)CC1OCCc2ccccc21. The summed E-state index contributed by atoms with van der Waals surface area (Å²) < 4.78 is 5.68. The lowest BCUT2D eigenvalue weighted by atomic mass is 9.95. The zero-order chi connectivity index (χ0) is 14.5. The molecule has 1 amide bonds. The van der Waals surface area contributed by atoms with Gasteiger partial charge in [-0.15, -0.1) is 0 Å². The second-order valence-electron chi connectivity index (χ2n) is 4.81. The van der Waals surface area contributed by atoms with Crippen LogP contribution in [-0.2, 0) is 20.7 Å². The van der Waals surface area contributed by atoms with E-state index in [0.717, 1.165) is 12.0 Å². The Kier molecular flexibility index (Phi) is 4.74. The lowest BCUT2D eigenvalue weighted by molar-refractivity contribution is -0.145. The monoisotopic (exact) mass is 277 g/mol. The van der Waals surface area contributed by atoms with Crippen LogP contribution < -0.4 is 0 Å². The summed E-state index contributed by atoms with van der Waals surface area (Å²) in [7, 11) is 0. The van der Waals surface area contributed by atoms with Gasteiger partial charge in [0.15, 0.2) is 0 Å². The van der Waals surface area contributed by atoms with Crippen LogP contribution in [0.2, 0.25) is 0 Å². The Balaban J connectivity index is 2.07. The van der Waals surface area contributed by atoms with E-state index in [4.69, 9.17) is 9.84 Å². The van der Waals surface area contributed by atoms with Gasteiger partial charge < -0.3 is 14.7 Å². The van der Waals surface area contributed by atoms with Gasteiger partial charge in [-0.25, -0.2) is 0 Å². The molecule has 0 bridgehead atoms. The van der Waals surface area contributed by atoms with Crippen molar-refractivity contribution < 1.29 is 19.4 Å². The number of carboxylic acids is 1. The molecule has 1 aromatic rings. The summed E-state index contributed by atoms with van der Waals surface area (Å²) in [6.07, 6.45) is 0.779. The minimum atomic E-state index is -0.995. The third kappa shape index (κ3) is 3.36. The van der Waals surface area contributed by atoms with Crippen molar-refractivity contribution >= 4 is 11.9 Å². The quantitative estimate of drug-likeness (QED) is 0.888. The van der Waals surface area contributed by atoms with Crippen molar-refractivity contribution in [2.45, 2.75) is 25.9 Å². The van der Waals surface area contributed by atoms with Crippen molar-refractivity contribution in [3.05, 3.63) is 35.4 Å². The van der Waals surface area contributed by atoms with Gasteiger partial charge in [0, 0.05) is 6.54 Å². The second-order valence-corrected chi connectivity index (χ2v) is 4.81. The number of aliphatic carboxylic acids is 1. The van der Waals surface area contributed by atoms with E-state index < -0.39 is 5.97 Å². The highest BCUT2D eigenvalue weighted by atomic mass is 16.5. The summed E-state index contributed by atoms with van der Waals surface area (Å²) in [5.74, 6) is -1.18. The van der Waals surface area contributed by atoms with E-state index in [1.54, 1.807) is 6.92 Å². The summed E-state index contributed by atoms with van der Waals surface area (Å²) in [6, 6.07) is 7.93. The molecule has 0 aliphatic carbocycles. The number of hydrogen-bond acceptors (Lipinski definition) is 3. The molecule has 0 spiro atoms. The average Bonchev–Trinajstić information content (AvgIpc) is 2.45. The molecule has 1 N–H and O–H groups in total. The van der Waals surface area contributed by atoms with E-state index in [1.165, 1.54) is 10.5 Å². The van der Waals surface area contributed by atoms with Crippen LogP contribution in [0.1, 0.15) is 30.6 Å². The standard InChI is InChI=1S/C15H19NO4/c1-2-16(10-15(18)19)14(17)9-13-12-6-4-3-5-11(12)7-8-20-13/h3-6,13H,2,7-10H2,1H3,(H,18,19). The van der Waals surface area contributed by atoms with Crippen LogP contribution >= 0.6 is 0 Å². The molecule has 0 fully saturated rings. The van der Waals surface area contributed by atoms with Crippen molar-refractivity contribution in [1.29, 1.82) is 0 Å². The van der Waals surface area contributed by atoms with Gasteiger partial charge in [-0.2, -0.15) is 0 Å². The van der Waals surface area contributed by atoms with Gasteiger partial charge in [0.25, 0.3) is 0 Å². The fourth-order valence-electron chi connectivity index (χ4n) is 2.47. The van der Waals surface area contributed by atoms with E-state index in [1.807, 2.05) is 24.3 Å². The van der Waals surface area contributed by atoms with Gasteiger partial charge in [-0.1, -0.05) is 24.3 Å². The van der Waals surface area contributed by atoms with E-state index in [0.29, 0.717) is 13.2 Å². The number of fused-ring (bicyclic) bond motifs is 1. The number of amides is 1. The maximum atomic E-state index is 12.2. The third-order valence-electron chi connectivity index (χ3n) is 3.51. The van der Waals surface area contributed by atoms with Gasteiger partial charge in [0.2, 0.25) is 5.91 Å². The smallest absolute Gasteiger partial charge is 0.323 e. The summed E-state index contributed by atoms with van der Waals surface area (Å²) in [4.78, 5) is 24.2. The van der Waals surface area contributed by atoms with Crippen LogP contribution in [0, 0.1) is 0 Å². The fourth-order valence-corrected chi connectivity index (χ4v) is 2.47. The first-order valence-corrected chi connectivity index (χ1v) is 6.80. The van der Waals surface area contributed by atoms with Crippen molar-refractivity contribution in [3.63, 3.8) is 0 Å². The highest BCUT2D eigenvalue weighted by molar-refractivity contribution is 5.81. The average molecular weight is 277 g/mol. The molecular formula is C15H19NO4. The number of nitrogens with zero attached hydrogens (tertiary/aromatic N) is 1. The first kappa shape index (κ1) is 14.5. The maximum absolute atomic E-state index is 12.2. The van der Waals surface area contributed by atoms with E-state index >= 15 is 0 Å². The Morgan fingerprint density at radius 1 is 1.40 bits per heavy atom. The fraction of sp³-hybridized carbons (Fsp3) is 0.467. The Bertz CT molecular complexity index is 500. The molecule has 1 atom stereocenters. The Morgan fingerprint density at radius 3 is 2.85 bits per heavy atom. The third-order valence-corrected chi connectivity index (χ3v) is 3.51. The zero-order valence-corrected chi connectivity index (χ0v) is 11.5. The van der Waals surface area contributed by atoms with E-state index in [-0.39, 0.29) is 25.0 Å². The predicted molar refractivity (Wildman–Crippen MR) is 73.3 cm³/mol. The van der Waals surface area contributed by atoms with Crippen LogP contribution in [0.15, 0.2) is 24.3 Å². The summed E-state index contributed by atoms with van der Waals surface area (Å²) in [5.41, 5.74) is 2.25. The molecule has 108 valence electrons. The summed E-state index contributed by atoms with van der Waals surface area (Å²) in [5, 5.41) is 8.80. The molecule has 2 rings (SSSR count). The van der Waals surface area contributed by atoms with Crippen LogP contribution in [0.25, 0.3) is 0 Å². The molecule has 1 unspecified atom stereocenters. The molecule has 1 aromatic carbocycles. The lowest BCUT2D eigenvalue weighted by Gasteiger charge is -2.27. The molecule has 1 aliphatic heterocycles. The van der Waals surface area contributed by atoms with Crippen molar-refractivity contribution in [1.82, 2.24) is 4.90 Å². The molecule has 5 heteroatoms. The van der Waals surface area contributed by atoms with Crippen molar-refractivity contribution in [2.24, 2.45) is 0 Å². The van der Waals surface area contributed by atoms with Gasteiger partial charge in [-0.3, -0.25) is 9.59 Å². The van der Waals surface area contributed by atoms with Crippen LogP contribution in [-0.4, -0.2) is 41.6 Å². The van der Waals surface area contributed by atoms with Gasteiger partial charge >= 0.3 is 5.97 Å². The Morgan fingerprint density at radius 2 is 2.15 bits per heavy atom. The normalized spacial score (nSPS) is 17.4. The number of carbonyl (C=O) groups is 2. The van der Waals surface area contributed by atoms with Crippen molar-refractivity contribution in [2.75, 3.05) is 19.7 Å².